The van der Waals surface area contributed by atoms with Crippen molar-refractivity contribution < 1.29 is 26.7 Å². The lowest BCUT2D eigenvalue weighted by Gasteiger charge is -2.33. The smallest absolute Gasteiger partial charge is 0.338 e. The van der Waals surface area contributed by atoms with Gasteiger partial charge >= 0.3 is 5.97 Å². The molecule has 0 bridgehead atoms. The number of hydrogen-bond donors (Lipinski definition) is 0. The predicted molar refractivity (Wildman–Crippen MR) is 98.3 cm³/mol. The first-order chi connectivity index (χ1) is 13.4. The third kappa shape index (κ3) is 4.54. The van der Waals surface area contributed by atoms with Gasteiger partial charge in [0.25, 0.3) is 0 Å². The van der Waals surface area contributed by atoms with Gasteiger partial charge in [0.15, 0.2) is 4.90 Å². The third-order valence-corrected chi connectivity index (χ3v) is 6.45. The lowest BCUT2D eigenvalue weighted by molar-refractivity contribution is 0.0445. The van der Waals surface area contributed by atoms with Crippen LogP contribution in [0.2, 0.25) is 0 Å². The van der Waals surface area contributed by atoms with Gasteiger partial charge in [0, 0.05) is 32.7 Å². The van der Waals surface area contributed by atoms with Crippen molar-refractivity contribution in [2.45, 2.75) is 4.90 Å². The highest BCUT2D eigenvalue weighted by Crippen LogP contribution is 2.23. The number of nitrogens with zero attached hydrogens (tertiary/aromatic N) is 2. The first-order valence-electron chi connectivity index (χ1n) is 8.78. The molecule has 1 aliphatic heterocycles. The molecule has 0 atom stereocenters. The molecule has 1 aliphatic rings. The van der Waals surface area contributed by atoms with Gasteiger partial charge in [-0.2, -0.15) is 4.31 Å². The van der Waals surface area contributed by atoms with Crippen LogP contribution in [0.3, 0.4) is 0 Å². The Morgan fingerprint density at radius 1 is 0.929 bits per heavy atom. The number of rotatable bonds is 6. The average Bonchev–Trinajstić information content (AvgIpc) is 2.68. The summed E-state index contributed by atoms with van der Waals surface area (Å²) in [5.74, 6) is -2.62. The van der Waals surface area contributed by atoms with Gasteiger partial charge in [-0.25, -0.2) is 22.0 Å². The van der Waals surface area contributed by atoms with Crippen molar-refractivity contribution in [3.63, 3.8) is 0 Å². The highest BCUT2D eigenvalue weighted by Gasteiger charge is 2.33. The fourth-order valence-electron chi connectivity index (χ4n) is 2.98. The Balaban J connectivity index is 1.51. The highest BCUT2D eigenvalue weighted by molar-refractivity contribution is 7.89. The fourth-order valence-corrected chi connectivity index (χ4v) is 4.51. The number of piperazine rings is 1. The lowest BCUT2D eigenvalue weighted by Crippen LogP contribution is -2.49. The van der Waals surface area contributed by atoms with Crippen LogP contribution in [0.1, 0.15) is 10.4 Å². The lowest BCUT2D eigenvalue weighted by atomic mass is 10.2. The van der Waals surface area contributed by atoms with E-state index in [1.165, 1.54) is 0 Å². The van der Waals surface area contributed by atoms with E-state index in [1.807, 2.05) is 4.90 Å². The number of benzene rings is 2. The van der Waals surface area contributed by atoms with Crippen molar-refractivity contribution in [2.75, 3.05) is 39.3 Å². The predicted octanol–water partition coefficient (Wildman–Crippen LogP) is 2.13. The minimum absolute atomic E-state index is 0.0999. The van der Waals surface area contributed by atoms with Crippen LogP contribution in [0, 0.1) is 11.6 Å². The molecule has 1 heterocycles. The second kappa shape index (κ2) is 8.76. The first-order valence-corrected chi connectivity index (χ1v) is 10.2. The van der Waals surface area contributed by atoms with E-state index in [0.29, 0.717) is 25.2 Å². The van der Waals surface area contributed by atoms with Crippen LogP contribution in [0.15, 0.2) is 53.4 Å². The molecule has 0 N–H and O–H groups in total. The summed E-state index contributed by atoms with van der Waals surface area (Å²) < 4.78 is 59.1. The van der Waals surface area contributed by atoms with Crippen molar-refractivity contribution in [1.82, 2.24) is 9.21 Å². The summed E-state index contributed by atoms with van der Waals surface area (Å²) >= 11 is 0. The number of hydrogen-bond acceptors (Lipinski definition) is 5. The van der Waals surface area contributed by atoms with Crippen molar-refractivity contribution in [1.29, 1.82) is 0 Å². The van der Waals surface area contributed by atoms with Gasteiger partial charge in [-0.05, 0) is 24.3 Å². The fraction of sp³-hybridized carbons (Fsp3) is 0.316. The molecular formula is C19H20F2N2O4S. The Labute approximate surface area is 162 Å². The molecular weight excluding hydrogens is 390 g/mol. The molecule has 28 heavy (non-hydrogen) atoms. The average molecular weight is 410 g/mol. The van der Waals surface area contributed by atoms with E-state index < -0.39 is 32.5 Å². The number of ether oxygens (including phenoxy) is 1. The zero-order valence-electron chi connectivity index (χ0n) is 15.1. The summed E-state index contributed by atoms with van der Waals surface area (Å²) in [7, 11) is -4.25. The maximum Gasteiger partial charge on any atom is 0.338 e. The Morgan fingerprint density at radius 2 is 1.54 bits per heavy atom. The Kier molecular flexibility index (Phi) is 6.38. The molecule has 0 unspecified atom stereocenters. The van der Waals surface area contributed by atoms with E-state index in [0.717, 1.165) is 22.5 Å². The molecule has 0 aromatic heterocycles. The molecule has 0 amide bonds. The van der Waals surface area contributed by atoms with Crippen molar-refractivity contribution in [2.24, 2.45) is 0 Å². The van der Waals surface area contributed by atoms with Crippen LogP contribution in [0.4, 0.5) is 8.78 Å². The number of sulfonamides is 1. The second-order valence-electron chi connectivity index (χ2n) is 6.30. The van der Waals surface area contributed by atoms with Crippen LogP contribution in [0.5, 0.6) is 0 Å². The van der Waals surface area contributed by atoms with Crippen LogP contribution in [-0.2, 0) is 14.8 Å². The molecule has 0 radical (unpaired) electrons. The van der Waals surface area contributed by atoms with Crippen LogP contribution in [0.25, 0.3) is 0 Å². The summed E-state index contributed by atoms with van der Waals surface area (Å²) in [6.07, 6.45) is 0. The topological polar surface area (TPSA) is 66.9 Å². The van der Waals surface area contributed by atoms with Crippen LogP contribution in [-0.4, -0.2) is 62.9 Å². The standard InChI is InChI=1S/C19H20F2N2O4S/c20-16-7-4-8-17(21)18(16)28(25,26)23-11-9-22(10-12-23)13-14-27-19(24)15-5-2-1-3-6-15/h1-8H,9-14H2. The highest BCUT2D eigenvalue weighted by atomic mass is 32.2. The van der Waals surface area contributed by atoms with Gasteiger partial charge in [0.2, 0.25) is 10.0 Å². The number of carbonyl (C=O) groups excluding carboxylic acids is 1. The van der Waals surface area contributed by atoms with Crippen molar-refractivity contribution in [3.05, 3.63) is 65.7 Å². The quantitative estimate of drug-likeness (QED) is 0.683. The largest absolute Gasteiger partial charge is 0.461 e. The Bertz CT molecular complexity index is 910. The van der Waals surface area contributed by atoms with Crippen LogP contribution < -0.4 is 0 Å². The molecule has 6 nitrogen and oxygen atoms in total. The SMILES string of the molecule is O=C(OCCN1CCN(S(=O)(=O)c2c(F)cccc2F)CC1)c1ccccc1. The molecule has 0 saturated carbocycles. The zero-order chi connectivity index (χ0) is 20.1. The van der Waals surface area contributed by atoms with Gasteiger partial charge in [0.1, 0.15) is 18.2 Å². The molecule has 2 aromatic carbocycles. The Morgan fingerprint density at radius 3 is 2.14 bits per heavy atom. The molecule has 1 fully saturated rings. The molecule has 3 rings (SSSR count). The van der Waals surface area contributed by atoms with E-state index in [4.69, 9.17) is 4.74 Å². The maximum atomic E-state index is 13.9. The van der Waals surface area contributed by atoms with Gasteiger partial charge < -0.3 is 4.74 Å². The Hall–Kier alpha value is -2.36. The maximum absolute atomic E-state index is 13.9. The van der Waals surface area contributed by atoms with E-state index >= 15 is 0 Å². The molecule has 9 heteroatoms. The van der Waals surface area contributed by atoms with Crippen molar-refractivity contribution in [3.8, 4) is 0 Å². The number of carbonyl (C=O) groups is 1. The number of halogens is 2. The number of esters is 1. The van der Waals surface area contributed by atoms with Gasteiger partial charge in [-0.15, -0.1) is 0 Å². The third-order valence-electron chi connectivity index (χ3n) is 4.50. The monoisotopic (exact) mass is 410 g/mol. The van der Waals surface area contributed by atoms with E-state index in [1.54, 1.807) is 30.3 Å². The normalized spacial score (nSPS) is 16.1. The van der Waals surface area contributed by atoms with E-state index in [9.17, 15) is 22.0 Å². The van der Waals surface area contributed by atoms with Crippen LogP contribution >= 0.6 is 0 Å². The zero-order valence-corrected chi connectivity index (χ0v) is 15.9. The van der Waals surface area contributed by atoms with Gasteiger partial charge in [0.05, 0.1) is 5.56 Å². The summed E-state index contributed by atoms with van der Waals surface area (Å²) in [6, 6.07) is 11.6. The summed E-state index contributed by atoms with van der Waals surface area (Å²) in [4.78, 5) is 12.9. The van der Waals surface area contributed by atoms with E-state index in [-0.39, 0.29) is 19.7 Å². The summed E-state index contributed by atoms with van der Waals surface area (Å²) in [5.41, 5.74) is 0.463. The van der Waals surface area contributed by atoms with Gasteiger partial charge in [-0.1, -0.05) is 24.3 Å². The summed E-state index contributed by atoms with van der Waals surface area (Å²) in [6.45, 7) is 1.56. The molecule has 0 aliphatic carbocycles. The molecule has 1 saturated heterocycles. The minimum atomic E-state index is -4.25. The summed E-state index contributed by atoms with van der Waals surface area (Å²) in [5, 5.41) is 0. The molecule has 150 valence electrons. The second-order valence-corrected chi connectivity index (χ2v) is 8.17. The van der Waals surface area contributed by atoms with Gasteiger partial charge in [-0.3, -0.25) is 4.90 Å². The minimum Gasteiger partial charge on any atom is -0.461 e. The first kappa shape index (κ1) is 20.4. The molecule has 2 aromatic rings. The molecule has 0 spiro atoms. The van der Waals surface area contributed by atoms with Crippen molar-refractivity contribution >= 4 is 16.0 Å². The van der Waals surface area contributed by atoms with E-state index in [2.05, 4.69) is 0 Å².